The monoisotopic (exact) mass is 291 g/mol. The second kappa shape index (κ2) is 6.10. The molecular formula is C15H17NO3S. The summed E-state index contributed by atoms with van der Waals surface area (Å²) in [7, 11) is -3.29. The Bertz CT molecular complexity index is 668. The highest BCUT2D eigenvalue weighted by molar-refractivity contribution is 7.92. The normalized spacial score (nSPS) is 19.1. The fourth-order valence-corrected chi connectivity index (χ4v) is 2.74. The Hall–Kier alpha value is -1.80. The van der Waals surface area contributed by atoms with Gasteiger partial charge in [0.25, 0.3) is 0 Å². The fraction of sp³-hybridized carbons (Fsp3) is 0.400. The van der Waals surface area contributed by atoms with Crippen LogP contribution in [0.4, 0.5) is 5.69 Å². The first-order valence-electron chi connectivity index (χ1n) is 6.56. The summed E-state index contributed by atoms with van der Waals surface area (Å²) in [5.74, 6) is 6.01. The van der Waals surface area contributed by atoms with Gasteiger partial charge in [-0.15, -0.1) is 0 Å². The molecule has 1 saturated carbocycles. The molecule has 20 heavy (non-hydrogen) atoms. The highest BCUT2D eigenvalue weighted by Gasteiger charge is 2.19. The molecule has 4 nitrogen and oxygen atoms in total. The summed E-state index contributed by atoms with van der Waals surface area (Å²) in [5, 5.41) is 0. The van der Waals surface area contributed by atoms with E-state index in [0.717, 1.165) is 25.5 Å². The van der Waals surface area contributed by atoms with Gasteiger partial charge >= 0.3 is 0 Å². The Labute approximate surface area is 119 Å². The van der Waals surface area contributed by atoms with Gasteiger partial charge in [0.05, 0.1) is 12.2 Å². The summed E-state index contributed by atoms with van der Waals surface area (Å²) in [5.41, 5.74) is 1.19. The second-order valence-corrected chi connectivity index (χ2v) is 6.74. The second-order valence-electron chi connectivity index (χ2n) is 4.99. The molecule has 1 aliphatic carbocycles. The minimum Gasteiger partial charge on any atom is -0.298 e. The number of ketones is 1. The Morgan fingerprint density at radius 1 is 1.30 bits per heavy atom. The van der Waals surface area contributed by atoms with Crippen molar-refractivity contribution >= 4 is 21.5 Å². The average molecular weight is 291 g/mol. The number of carbonyl (C=O) groups excluding carboxylic acids is 1. The Morgan fingerprint density at radius 2 is 2.10 bits per heavy atom. The largest absolute Gasteiger partial charge is 0.298 e. The predicted octanol–water partition coefficient (Wildman–Crippen LogP) is 2.17. The highest BCUT2D eigenvalue weighted by Crippen LogP contribution is 2.20. The Kier molecular flexibility index (Phi) is 4.46. The summed E-state index contributed by atoms with van der Waals surface area (Å²) >= 11 is 0. The molecule has 0 aliphatic heterocycles. The molecule has 0 radical (unpaired) electrons. The molecule has 1 atom stereocenters. The third-order valence-electron chi connectivity index (χ3n) is 3.11. The Balaban J connectivity index is 2.14. The van der Waals surface area contributed by atoms with E-state index in [4.69, 9.17) is 0 Å². The zero-order valence-electron chi connectivity index (χ0n) is 11.3. The van der Waals surface area contributed by atoms with Gasteiger partial charge in [-0.1, -0.05) is 24.3 Å². The van der Waals surface area contributed by atoms with Crippen LogP contribution in [0.2, 0.25) is 0 Å². The van der Waals surface area contributed by atoms with E-state index in [-0.39, 0.29) is 11.7 Å². The van der Waals surface area contributed by atoms with E-state index in [1.807, 2.05) is 0 Å². The minimum absolute atomic E-state index is 0.171. The van der Waals surface area contributed by atoms with Crippen molar-refractivity contribution in [3.63, 3.8) is 0 Å². The summed E-state index contributed by atoms with van der Waals surface area (Å²) in [6.07, 6.45) is 4.56. The molecule has 0 aromatic heterocycles. The lowest BCUT2D eigenvalue weighted by Gasteiger charge is -2.14. The maximum atomic E-state index is 11.7. The van der Waals surface area contributed by atoms with Gasteiger partial charge in [0, 0.05) is 17.7 Å². The molecule has 1 fully saturated rings. The smallest absolute Gasteiger partial charge is 0.229 e. The van der Waals surface area contributed by atoms with E-state index in [2.05, 4.69) is 16.6 Å². The maximum absolute atomic E-state index is 11.7. The SMILES string of the molecule is CS(=O)(=O)Nc1cccc(C#CC2CCCCC2=O)c1. The van der Waals surface area contributed by atoms with Gasteiger partial charge in [0.2, 0.25) is 10.0 Å². The number of hydrogen-bond donors (Lipinski definition) is 1. The topological polar surface area (TPSA) is 63.2 Å². The van der Waals surface area contributed by atoms with Crippen LogP contribution in [0.5, 0.6) is 0 Å². The summed E-state index contributed by atoms with van der Waals surface area (Å²) in [6.45, 7) is 0. The van der Waals surface area contributed by atoms with E-state index in [0.29, 0.717) is 17.7 Å². The third kappa shape index (κ3) is 4.39. The first kappa shape index (κ1) is 14.6. The number of benzene rings is 1. The molecular weight excluding hydrogens is 274 g/mol. The Morgan fingerprint density at radius 3 is 2.80 bits per heavy atom. The number of sulfonamides is 1. The molecule has 1 unspecified atom stereocenters. The first-order valence-corrected chi connectivity index (χ1v) is 8.45. The molecule has 0 amide bonds. The van der Waals surface area contributed by atoms with Gasteiger partial charge in [-0.2, -0.15) is 0 Å². The van der Waals surface area contributed by atoms with Gasteiger partial charge < -0.3 is 0 Å². The van der Waals surface area contributed by atoms with Gasteiger partial charge in [-0.05, 0) is 31.0 Å². The number of Topliss-reactive ketones (excluding diaryl/α,β-unsaturated/α-hetero) is 1. The highest BCUT2D eigenvalue weighted by atomic mass is 32.2. The van der Waals surface area contributed by atoms with Crippen LogP contribution in [-0.2, 0) is 14.8 Å². The zero-order chi connectivity index (χ0) is 14.6. The number of anilines is 1. The summed E-state index contributed by atoms with van der Waals surface area (Å²) in [4.78, 5) is 11.7. The molecule has 2 rings (SSSR count). The van der Waals surface area contributed by atoms with Crippen LogP contribution in [0.15, 0.2) is 24.3 Å². The van der Waals surface area contributed by atoms with Crippen molar-refractivity contribution in [2.75, 3.05) is 11.0 Å². The predicted molar refractivity (Wildman–Crippen MR) is 78.8 cm³/mol. The molecule has 1 aromatic carbocycles. The van der Waals surface area contributed by atoms with Crippen LogP contribution in [-0.4, -0.2) is 20.5 Å². The van der Waals surface area contributed by atoms with Crippen molar-refractivity contribution in [2.24, 2.45) is 5.92 Å². The number of carbonyl (C=O) groups is 1. The quantitative estimate of drug-likeness (QED) is 0.849. The van der Waals surface area contributed by atoms with Crippen LogP contribution in [0, 0.1) is 17.8 Å². The maximum Gasteiger partial charge on any atom is 0.229 e. The zero-order valence-corrected chi connectivity index (χ0v) is 12.2. The lowest BCUT2D eigenvalue weighted by Crippen LogP contribution is -2.17. The molecule has 1 aromatic rings. The molecule has 0 spiro atoms. The van der Waals surface area contributed by atoms with Gasteiger partial charge in [0.1, 0.15) is 5.78 Å². The molecule has 0 heterocycles. The molecule has 1 aliphatic rings. The summed E-state index contributed by atoms with van der Waals surface area (Å²) in [6, 6.07) is 6.87. The van der Waals surface area contributed by atoms with Crippen molar-refractivity contribution < 1.29 is 13.2 Å². The molecule has 106 valence electrons. The molecule has 1 N–H and O–H groups in total. The van der Waals surface area contributed by atoms with Gasteiger partial charge in [0.15, 0.2) is 0 Å². The van der Waals surface area contributed by atoms with Crippen molar-refractivity contribution in [2.45, 2.75) is 25.7 Å². The van der Waals surface area contributed by atoms with Crippen LogP contribution in [0.3, 0.4) is 0 Å². The number of rotatable bonds is 2. The minimum atomic E-state index is -3.29. The van der Waals surface area contributed by atoms with Crippen molar-refractivity contribution in [1.82, 2.24) is 0 Å². The fourth-order valence-electron chi connectivity index (χ4n) is 2.18. The van der Waals surface area contributed by atoms with Crippen LogP contribution in [0.1, 0.15) is 31.2 Å². The summed E-state index contributed by atoms with van der Waals surface area (Å²) < 4.78 is 24.7. The van der Waals surface area contributed by atoms with E-state index >= 15 is 0 Å². The van der Waals surface area contributed by atoms with E-state index < -0.39 is 10.0 Å². The first-order chi connectivity index (χ1) is 9.44. The molecule has 0 saturated heterocycles. The van der Waals surface area contributed by atoms with Crippen molar-refractivity contribution in [3.8, 4) is 11.8 Å². The van der Waals surface area contributed by atoms with Crippen molar-refractivity contribution in [3.05, 3.63) is 29.8 Å². The van der Waals surface area contributed by atoms with Crippen LogP contribution >= 0.6 is 0 Å². The van der Waals surface area contributed by atoms with Crippen LogP contribution in [0.25, 0.3) is 0 Å². The van der Waals surface area contributed by atoms with E-state index in [1.165, 1.54) is 0 Å². The standard InChI is InChI=1S/C15H17NO3S/c1-20(18,19)16-14-7-4-5-12(11-14)9-10-13-6-2-3-8-15(13)17/h4-5,7,11,13,16H,2-3,6,8H2,1H3. The lowest BCUT2D eigenvalue weighted by molar-refractivity contribution is -0.122. The van der Waals surface area contributed by atoms with Crippen molar-refractivity contribution in [1.29, 1.82) is 0 Å². The third-order valence-corrected chi connectivity index (χ3v) is 3.72. The number of hydrogen-bond acceptors (Lipinski definition) is 3. The van der Waals surface area contributed by atoms with Gasteiger partial charge in [-0.3, -0.25) is 9.52 Å². The van der Waals surface area contributed by atoms with Gasteiger partial charge in [-0.25, -0.2) is 8.42 Å². The van der Waals surface area contributed by atoms with E-state index in [9.17, 15) is 13.2 Å². The average Bonchev–Trinajstić information content (AvgIpc) is 2.36. The molecule has 5 heteroatoms. The lowest BCUT2D eigenvalue weighted by atomic mass is 9.88. The van der Waals surface area contributed by atoms with Crippen LogP contribution < -0.4 is 4.72 Å². The van der Waals surface area contributed by atoms with E-state index in [1.54, 1.807) is 24.3 Å². The molecule has 0 bridgehead atoms. The number of nitrogens with one attached hydrogen (secondary N) is 1.